The normalized spacial score (nSPS) is 20.4. The standard InChI is InChI=1S/C10H13NO2S/c1-7(8-2-3-14-6-8)11-4-9(5-11)10(12)13/h2-3,6-7,9H,4-5H2,1H3,(H,12,13). The zero-order valence-corrected chi connectivity index (χ0v) is 8.83. The number of nitrogens with zero attached hydrogens (tertiary/aromatic N) is 1. The van der Waals surface area contributed by atoms with Gasteiger partial charge in [0.1, 0.15) is 0 Å². The van der Waals surface area contributed by atoms with Gasteiger partial charge in [0.2, 0.25) is 0 Å². The highest BCUT2D eigenvalue weighted by atomic mass is 32.1. The predicted molar refractivity (Wildman–Crippen MR) is 55.4 cm³/mol. The Morgan fingerprint density at radius 1 is 1.71 bits per heavy atom. The lowest BCUT2D eigenvalue weighted by Crippen LogP contribution is -2.50. The first kappa shape index (κ1) is 9.68. The van der Waals surface area contributed by atoms with Gasteiger partial charge in [-0.15, -0.1) is 0 Å². The van der Waals surface area contributed by atoms with Crippen LogP contribution in [-0.2, 0) is 4.79 Å². The van der Waals surface area contributed by atoms with Gasteiger partial charge in [0.25, 0.3) is 0 Å². The summed E-state index contributed by atoms with van der Waals surface area (Å²) in [4.78, 5) is 12.8. The summed E-state index contributed by atoms with van der Waals surface area (Å²) in [5.41, 5.74) is 1.29. The molecule has 0 bridgehead atoms. The number of carboxylic acid groups (broad SMARTS) is 1. The van der Waals surface area contributed by atoms with E-state index in [4.69, 9.17) is 5.11 Å². The molecule has 1 aliphatic rings. The Morgan fingerprint density at radius 2 is 2.43 bits per heavy atom. The first-order valence-corrected chi connectivity index (χ1v) is 5.61. The summed E-state index contributed by atoms with van der Waals surface area (Å²) in [6.07, 6.45) is 0. The molecule has 0 amide bonds. The first-order valence-electron chi connectivity index (χ1n) is 4.67. The number of thiophene rings is 1. The Balaban J connectivity index is 1.91. The second kappa shape index (κ2) is 3.71. The molecule has 1 atom stereocenters. The Hall–Kier alpha value is -0.870. The van der Waals surface area contributed by atoms with Crippen molar-refractivity contribution in [2.75, 3.05) is 13.1 Å². The van der Waals surface area contributed by atoms with Gasteiger partial charge < -0.3 is 5.11 Å². The number of carboxylic acids is 1. The Labute approximate surface area is 87.0 Å². The summed E-state index contributed by atoms with van der Waals surface area (Å²) in [5, 5.41) is 12.9. The van der Waals surface area contributed by atoms with Crippen LogP contribution in [-0.4, -0.2) is 29.1 Å². The van der Waals surface area contributed by atoms with Crippen molar-refractivity contribution < 1.29 is 9.90 Å². The van der Waals surface area contributed by atoms with Crippen LogP contribution in [0.4, 0.5) is 0 Å². The van der Waals surface area contributed by atoms with E-state index in [-0.39, 0.29) is 5.92 Å². The van der Waals surface area contributed by atoms with Gasteiger partial charge in [0.05, 0.1) is 5.92 Å². The quantitative estimate of drug-likeness (QED) is 0.829. The van der Waals surface area contributed by atoms with Crippen LogP contribution in [0.5, 0.6) is 0 Å². The number of hydrogen-bond donors (Lipinski definition) is 1. The van der Waals surface area contributed by atoms with Crippen LogP contribution in [0.15, 0.2) is 16.8 Å². The molecule has 1 aromatic rings. The summed E-state index contributed by atoms with van der Waals surface area (Å²) < 4.78 is 0. The molecule has 14 heavy (non-hydrogen) atoms. The van der Waals surface area contributed by atoms with Gasteiger partial charge in [-0.25, -0.2) is 0 Å². The molecular formula is C10H13NO2S. The molecule has 1 aromatic heterocycles. The highest BCUT2D eigenvalue weighted by Gasteiger charge is 2.35. The molecule has 3 nitrogen and oxygen atoms in total. The van der Waals surface area contributed by atoms with Crippen molar-refractivity contribution in [3.63, 3.8) is 0 Å². The number of aliphatic carboxylic acids is 1. The lowest BCUT2D eigenvalue weighted by molar-refractivity contribution is -0.148. The summed E-state index contributed by atoms with van der Waals surface area (Å²) in [6.45, 7) is 3.50. The molecule has 0 aromatic carbocycles. The maximum atomic E-state index is 10.6. The average molecular weight is 211 g/mol. The van der Waals surface area contributed by atoms with Crippen molar-refractivity contribution in [2.45, 2.75) is 13.0 Å². The van der Waals surface area contributed by atoms with Gasteiger partial charge in [-0.3, -0.25) is 9.69 Å². The summed E-state index contributed by atoms with van der Waals surface area (Å²) in [7, 11) is 0. The lowest BCUT2D eigenvalue weighted by atomic mass is 9.96. The molecule has 0 saturated carbocycles. The predicted octanol–water partition coefficient (Wildman–Crippen LogP) is 1.83. The Bertz CT molecular complexity index is 317. The molecule has 1 aliphatic heterocycles. The molecule has 2 heterocycles. The van der Waals surface area contributed by atoms with Crippen LogP contribution in [0.25, 0.3) is 0 Å². The van der Waals surface area contributed by atoms with Crippen molar-refractivity contribution in [1.29, 1.82) is 0 Å². The van der Waals surface area contributed by atoms with E-state index in [1.165, 1.54) is 5.56 Å². The van der Waals surface area contributed by atoms with Crippen molar-refractivity contribution in [1.82, 2.24) is 4.90 Å². The first-order chi connectivity index (χ1) is 6.68. The van der Waals surface area contributed by atoms with E-state index in [0.717, 1.165) is 0 Å². The van der Waals surface area contributed by atoms with Crippen LogP contribution in [0.3, 0.4) is 0 Å². The molecule has 4 heteroatoms. The van der Waals surface area contributed by atoms with Crippen LogP contribution in [0.2, 0.25) is 0 Å². The van der Waals surface area contributed by atoms with Crippen molar-refractivity contribution in [3.05, 3.63) is 22.4 Å². The van der Waals surface area contributed by atoms with Crippen LogP contribution < -0.4 is 0 Å². The number of rotatable bonds is 3. The fourth-order valence-electron chi connectivity index (χ4n) is 1.71. The lowest BCUT2D eigenvalue weighted by Gasteiger charge is -2.40. The van der Waals surface area contributed by atoms with Gasteiger partial charge in [-0.05, 0) is 29.3 Å². The van der Waals surface area contributed by atoms with Crippen LogP contribution >= 0.6 is 11.3 Å². The minimum atomic E-state index is -0.668. The van der Waals surface area contributed by atoms with Crippen molar-refractivity contribution in [2.24, 2.45) is 5.92 Å². The molecule has 2 rings (SSSR count). The van der Waals surface area contributed by atoms with Gasteiger partial charge in [0.15, 0.2) is 0 Å². The molecule has 0 aliphatic carbocycles. The maximum Gasteiger partial charge on any atom is 0.309 e. The number of likely N-dealkylation sites (tertiary alicyclic amines) is 1. The third-order valence-electron chi connectivity index (χ3n) is 2.83. The van der Waals surface area contributed by atoms with E-state index >= 15 is 0 Å². The molecule has 76 valence electrons. The van der Waals surface area contributed by atoms with Crippen molar-refractivity contribution in [3.8, 4) is 0 Å². The number of carbonyl (C=O) groups is 1. The zero-order valence-electron chi connectivity index (χ0n) is 8.01. The summed E-state index contributed by atoms with van der Waals surface area (Å²) in [6, 6.07) is 2.46. The second-order valence-corrected chi connectivity index (χ2v) is 4.50. The van der Waals surface area contributed by atoms with E-state index in [1.807, 2.05) is 0 Å². The van der Waals surface area contributed by atoms with Crippen molar-refractivity contribution >= 4 is 17.3 Å². The minimum Gasteiger partial charge on any atom is -0.481 e. The van der Waals surface area contributed by atoms with Crippen LogP contribution in [0, 0.1) is 5.92 Å². The largest absolute Gasteiger partial charge is 0.481 e. The number of hydrogen-bond acceptors (Lipinski definition) is 3. The topological polar surface area (TPSA) is 40.5 Å². The van der Waals surface area contributed by atoms with E-state index in [2.05, 4.69) is 28.7 Å². The highest BCUT2D eigenvalue weighted by Crippen LogP contribution is 2.29. The highest BCUT2D eigenvalue weighted by molar-refractivity contribution is 7.07. The molecule has 1 N–H and O–H groups in total. The van der Waals surface area contributed by atoms with Gasteiger partial charge in [-0.2, -0.15) is 11.3 Å². The molecule has 1 saturated heterocycles. The maximum absolute atomic E-state index is 10.6. The fraction of sp³-hybridized carbons (Fsp3) is 0.500. The Kier molecular flexibility index (Phi) is 2.56. The smallest absolute Gasteiger partial charge is 0.309 e. The SMILES string of the molecule is CC(c1ccsc1)N1CC(C(=O)O)C1. The zero-order chi connectivity index (χ0) is 10.1. The van der Waals surface area contributed by atoms with Gasteiger partial charge >= 0.3 is 5.97 Å². The molecule has 0 spiro atoms. The minimum absolute atomic E-state index is 0.156. The molecule has 1 unspecified atom stereocenters. The van der Waals surface area contributed by atoms with E-state index in [9.17, 15) is 4.79 Å². The van der Waals surface area contributed by atoms with E-state index in [0.29, 0.717) is 19.1 Å². The van der Waals surface area contributed by atoms with Crippen LogP contribution in [0.1, 0.15) is 18.5 Å². The van der Waals surface area contributed by atoms with E-state index in [1.54, 1.807) is 11.3 Å². The monoisotopic (exact) mass is 211 g/mol. The van der Waals surface area contributed by atoms with E-state index < -0.39 is 5.97 Å². The molecule has 0 radical (unpaired) electrons. The Morgan fingerprint density at radius 3 is 2.93 bits per heavy atom. The summed E-state index contributed by atoms with van der Waals surface area (Å²) in [5.74, 6) is -0.824. The molecular weight excluding hydrogens is 198 g/mol. The third kappa shape index (κ3) is 1.67. The third-order valence-corrected chi connectivity index (χ3v) is 3.53. The van der Waals surface area contributed by atoms with Gasteiger partial charge in [0, 0.05) is 19.1 Å². The average Bonchev–Trinajstić information content (AvgIpc) is 2.51. The fourth-order valence-corrected chi connectivity index (χ4v) is 2.46. The summed E-state index contributed by atoms with van der Waals surface area (Å²) >= 11 is 1.68. The molecule has 1 fully saturated rings. The van der Waals surface area contributed by atoms with Gasteiger partial charge in [-0.1, -0.05) is 0 Å². The second-order valence-electron chi connectivity index (χ2n) is 3.72.